The van der Waals surface area contributed by atoms with Gasteiger partial charge in [0.2, 0.25) is 0 Å². The predicted octanol–water partition coefficient (Wildman–Crippen LogP) is 9.44. The van der Waals surface area contributed by atoms with E-state index in [-0.39, 0.29) is 25.2 Å². The Bertz CT molecular complexity index is 416. The van der Waals surface area contributed by atoms with Crippen LogP contribution in [0.3, 0.4) is 0 Å². The van der Waals surface area contributed by atoms with Crippen LogP contribution in [0.4, 0.5) is 0 Å². The lowest BCUT2D eigenvalue weighted by atomic mass is 10.1. The maximum atomic E-state index is 11.6. The first kappa shape index (κ1) is 38.0. The number of nitrogens with two attached hydrogens (primary N) is 1. The Morgan fingerprint density at radius 2 is 0.703 bits per heavy atom. The fourth-order valence-electron chi connectivity index (χ4n) is 4.19. The van der Waals surface area contributed by atoms with Crippen molar-refractivity contribution in [2.24, 2.45) is 5.73 Å². The highest BCUT2D eigenvalue weighted by molar-refractivity contribution is 5.70. The monoisotopic (exact) mass is 527 g/mol. The van der Waals surface area contributed by atoms with Crippen LogP contribution in [0.1, 0.15) is 175 Å². The third-order valence-corrected chi connectivity index (χ3v) is 6.64. The van der Waals surface area contributed by atoms with Crippen molar-refractivity contribution in [1.29, 1.82) is 0 Å². The van der Waals surface area contributed by atoms with E-state index in [1.807, 2.05) is 0 Å². The summed E-state index contributed by atoms with van der Waals surface area (Å²) in [6, 6.07) is 0. The first-order valence-corrected chi connectivity index (χ1v) is 16.1. The van der Waals surface area contributed by atoms with Gasteiger partial charge in [0, 0.05) is 12.8 Å². The van der Waals surface area contributed by atoms with Crippen molar-refractivity contribution in [3.63, 3.8) is 0 Å². The van der Waals surface area contributed by atoms with E-state index in [4.69, 9.17) is 15.2 Å². The van der Waals surface area contributed by atoms with Gasteiger partial charge in [0.25, 0.3) is 0 Å². The van der Waals surface area contributed by atoms with Crippen LogP contribution < -0.4 is 5.73 Å². The second-order valence-corrected chi connectivity index (χ2v) is 10.4. The molecule has 0 saturated heterocycles. The number of rotatable bonds is 27. The number of carbonyl (C=O) groups is 2. The van der Waals surface area contributed by atoms with Crippen LogP contribution in [0, 0.1) is 0 Å². The second-order valence-electron chi connectivity index (χ2n) is 10.4. The summed E-state index contributed by atoms with van der Waals surface area (Å²) < 4.78 is 10.2. The Hall–Kier alpha value is -1.10. The maximum Gasteiger partial charge on any atom is 0.305 e. The first-order chi connectivity index (χ1) is 18.1. The maximum absolute atomic E-state index is 11.6. The number of unbranched alkanes of at least 4 members (excludes halogenated alkanes) is 19. The van der Waals surface area contributed by atoms with Crippen molar-refractivity contribution < 1.29 is 19.1 Å². The molecule has 5 nitrogen and oxygen atoms in total. The molecule has 0 unspecified atom stereocenters. The summed E-state index contributed by atoms with van der Waals surface area (Å²) in [5.41, 5.74) is 5.39. The molecule has 0 heterocycles. The number of hydrogen-bond acceptors (Lipinski definition) is 5. The molecule has 0 radical (unpaired) electrons. The Labute approximate surface area is 231 Å². The lowest BCUT2D eigenvalue weighted by molar-refractivity contribution is -0.152. The molecule has 0 amide bonds. The van der Waals surface area contributed by atoms with Crippen LogP contribution in [0.2, 0.25) is 0 Å². The smallest absolute Gasteiger partial charge is 0.305 e. The predicted molar refractivity (Wildman–Crippen MR) is 159 cm³/mol. The normalized spacial score (nSPS) is 10.6. The zero-order chi connectivity index (χ0) is 27.7. The van der Waals surface area contributed by atoms with Gasteiger partial charge in [0.1, 0.15) is 13.2 Å². The molecular formula is C32H65NO4. The second kappa shape index (κ2) is 34.9. The Kier molecular flexibility index (Phi) is 35.9. The van der Waals surface area contributed by atoms with E-state index in [1.165, 1.54) is 116 Å². The minimum atomic E-state index is -0.179. The van der Waals surface area contributed by atoms with Crippen LogP contribution in [0.15, 0.2) is 0 Å². The van der Waals surface area contributed by atoms with Gasteiger partial charge in [-0.15, -0.1) is 0 Å². The lowest BCUT2D eigenvalue weighted by Gasteiger charge is -2.07. The van der Waals surface area contributed by atoms with E-state index >= 15 is 0 Å². The lowest BCUT2D eigenvalue weighted by Crippen LogP contribution is -2.13. The summed E-state index contributed by atoms with van der Waals surface area (Å²) in [6.45, 7) is 7.91. The van der Waals surface area contributed by atoms with Gasteiger partial charge in [0.15, 0.2) is 0 Å². The molecule has 222 valence electrons. The average molecular weight is 528 g/mol. The summed E-state index contributed by atoms with van der Waals surface area (Å²) in [4.78, 5) is 23.2. The van der Waals surface area contributed by atoms with Gasteiger partial charge in [-0.25, -0.2) is 0 Å². The molecular weight excluding hydrogens is 462 g/mol. The molecule has 5 heteroatoms. The number of carbonyl (C=O) groups excluding carboxylic acids is 2. The van der Waals surface area contributed by atoms with Crippen LogP contribution >= 0.6 is 0 Å². The van der Waals surface area contributed by atoms with Crippen LogP contribution in [0.5, 0.6) is 0 Å². The zero-order valence-corrected chi connectivity index (χ0v) is 25.3. The molecule has 0 aliphatic carbocycles. The number of esters is 2. The van der Waals surface area contributed by atoms with Crippen molar-refractivity contribution >= 4 is 11.9 Å². The largest absolute Gasteiger partial charge is 0.462 e. The fraction of sp³-hybridized carbons (Fsp3) is 0.938. The van der Waals surface area contributed by atoms with Gasteiger partial charge >= 0.3 is 11.9 Å². The van der Waals surface area contributed by atoms with Gasteiger partial charge in [-0.05, 0) is 25.8 Å². The van der Waals surface area contributed by atoms with E-state index in [0.717, 1.165) is 32.2 Å². The van der Waals surface area contributed by atoms with Gasteiger partial charge in [-0.2, -0.15) is 0 Å². The molecule has 2 N–H and O–H groups in total. The van der Waals surface area contributed by atoms with E-state index in [9.17, 15) is 9.59 Å². The summed E-state index contributed by atoms with van der Waals surface area (Å²) in [5, 5.41) is 0. The van der Waals surface area contributed by atoms with Gasteiger partial charge in [-0.3, -0.25) is 9.59 Å². The molecule has 0 rings (SSSR count). The number of hydrogen-bond donors (Lipinski definition) is 1. The van der Waals surface area contributed by atoms with Gasteiger partial charge in [0.05, 0.1) is 0 Å². The molecule has 0 spiro atoms. The average Bonchev–Trinajstić information content (AvgIpc) is 2.90. The van der Waals surface area contributed by atoms with Crippen LogP contribution in [-0.2, 0) is 19.1 Å². The van der Waals surface area contributed by atoms with Crippen molar-refractivity contribution in [2.45, 2.75) is 175 Å². The van der Waals surface area contributed by atoms with Crippen molar-refractivity contribution in [2.75, 3.05) is 19.8 Å². The summed E-state index contributed by atoms with van der Waals surface area (Å²) in [6.07, 6.45) is 28.5. The quantitative estimate of drug-likeness (QED) is 0.0850. The van der Waals surface area contributed by atoms with Crippen LogP contribution in [0.25, 0.3) is 0 Å². The van der Waals surface area contributed by atoms with Crippen LogP contribution in [-0.4, -0.2) is 31.7 Å². The molecule has 37 heavy (non-hydrogen) atoms. The third kappa shape index (κ3) is 37.1. The van der Waals surface area contributed by atoms with Crippen molar-refractivity contribution in [3.05, 3.63) is 0 Å². The minimum Gasteiger partial charge on any atom is -0.462 e. The number of ether oxygens (including phenoxy) is 2. The highest BCUT2D eigenvalue weighted by Gasteiger charge is 2.05. The zero-order valence-electron chi connectivity index (χ0n) is 25.3. The molecule has 0 bridgehead atoms. The summed E-state index contributed by atoms with van der Waals surface area (Å²) >= 11 is 0. The first-order valence-electron chi connectivity index (χ1n) is 16.1. The third-order valence-electron chi connectivity index (χ3n) is 6.64. The topological polar surface area (TPSA) is 78.6 Å². The molecule has 0 aromatic carbocycles. The fourth-order valence-corrected chi connectivity index (χ4v) is 4.19. The summed E-state index contributed by atoms with van der Waals surface area (Å²) in [5.74, 6) is -0.358. The highest BCUT2D eigenvalue weighted by atomic mass is 16.6. The van der Waals surface area contributed by atoms with Crippen molar-refractivity contribution in [1.82, 2.24) is 0 Å². The highest BCUT2D eigenvalue weighted by Crippen LogP contribution is 2.10. The SMILES string of the molecule is CCCCCCCCCC(=O)OCCOC(=O)CCCCCCCCC.CCCCCCCCCCN. The molecule has 0 aromatic heterocycles. The van der Waals surface area contributed by atoms with E-state index < -0.39 is 0 Å². The van der Waals surface area contributed by atoms with E-state index in [1.54, 1.807) is 0 Å². The molecule has 0 aliphatic rings. The molecule has 0 atom stereocenters. The van der Waals surface area contributed by atoms with Crippen molar-refractivity contribution in [3.8, 4) is 0 Å². The van der Waals surface area contributed by atoms with E-state index in [0.29, 0.717) is 12.8 Å². The Balaban J connectivity index is 0. The van der Waals surface area contributed by atoms with Gasteiger partial charge in [-0.1, -0.05) is 143 Å². The Morgan fingerprint density at radius 1 is 0.432 bits per heavy atom. The standard InChI is InChI=1S/C22H42O4.C10H23N/c1-3-5-7-9-11-13-15-17-21(23)25-19-20-26-22(24)18-16-14-12-10-8-6-4-2;1-2-3-4-5-6-7-8-9-10-11/h3-20H2,1-2H3;2-11H2,1H3. The summed E-state index contributed by atoms with van der Waals surface area (Å²) in [7, 11) is 0. The minimum absolute atomic E-state index is 0.179. The Morgan fingerprint density at radius 3 is 1.00 bits per heavy atom. The van der Waals surface area contributed by atoms with E-state index in [2.05, 4.69) is 20.8 Å². The molecule has 0 fully saturated rings. The van der Waals surface area contributed by atoms with Gasteiger partial charge < -0.3 is 15.2 Å². The molecule has 0 aliphatic heterocycles. The molecule has 0 saturated carbocycles. The molecule has 0 aromatic rings.